The van der Waals surface area contributed by atoms with Gasteiger partial charge in [-0.05, 0) is 28.7 Å². The van der Waals surface area contributed by atoms with E-state index in [1.54, 1.807) is 13.3 Å². The van der Waals surface area contributed by atoms with Crippen molar-refractivity contribution in [2.24, 2.45) is 0 Å². The van der Waals surface area contributed by atoms with Crippen molar-refractivity contribution in [3.8, 4) is 16.9 Å². The van der Waals surface area contributed by atoms with E-state index in [1.165, 1.54) is 0 Å². The van der Waals surface area contributed by atoms with Gasteiger partial charge in [-0.2, -0.15) is 0 Å². The molecule has 0 aliphatic heterocycles. The van der Waals surface area contributed by atoms with Crippen LogP contribution in [0.15, 0.2) is 30.6 Å². The second kappa shape index (κ2) is 5.04. The lowest BCUT2D eigenvalue weighted by Crippen LogP contribution is -2.17. The first-order chi connectivity index (χ1) is 9.34. The summed E-state index contributed by atoms with van der Waals surface area (Å²) in [4.78, 5) is 4.21. The number of pyridine rings is 1. The number of anilines is 2. The summed E-state index contributed by atoms with van der Waals surface area (Å²) in [6.07, 6.45) is 3.49. The van der Waals surface area contributed by atoms with E-state index in [1.807, 2.05) is 24.4 Å². The van der Waals surface area contributed by atoms with Gasteiger partial charge in [0.05, 0.1) is 24.7 Å². The number of nitrogens with two attached hydrogens (primary N) is 2. The van der Waals surface area contributed by atoms with E-state index in [9.17, 15) is 0 Å². The molecule has 1 aromatic carbocycles. The lowest BCUT2D eigenvalue weighted by atomic mass is 9.80. The summed E-state index contributed by atoms with van der Waals surface area (Å²) in [5.41, 5.74) is 16.3. The monoisotopic (exact) mass is 271 g/mol. The van der Waals surface area contributed by atoms with Crippen LogP contribution in [-0.2, 0) is 5.41 Å². The van der Waals surface area contributed by atoms with Gasteiger partial charge in [-0.3, -0.25) is 4.98 Å². The molecule has 4 N–H and O–H groups in total. The molecule has 0 unspecified atom stereocenters. The topological polar surface area (TPSA) is 74.2 Å². The first kappa shape index (κ1) is 14.2. The molecule has 0 saturated carbocycles. The average molecular weight is 271 g/mol. The van der Waals surface area contributed by atoms with Crippen LogP contribution in [0.3, 0.4) is 0 Å². The Morgan fingerprint density at radius 3 is 2.40 bits per heavy atom. The number of nitrogen functional groups attached to an aromatic ring is 2. The third-order valence-corrected chi connectivity index (χ3v) is 3.29. The van der Waals surface area contributed by atoms with Crippen molar-refractivity contribution in [3.63, 3.8) is 0 Å². The molecule has 20 heavy (non-hydrogen) atoms. The molecule has 0 atom stereocenters. The van der Waals surface area contributed by atoms with Gasteiger partial charge < -0.3 is 16.2 Å². The zero-order chi connectivity index (χ0) is 14.9. The van der Waals surface area contributed by atoms with Gasteiger partial charge in [-0.25, -0.2) is 0 Å². The quantitative estimate of drug-likeness (QED) is 0.822. The van der Waals surface area contributed by atoms with Crippen molar-refractivity contribution < 1.29 is 4.74 Å². The van der Waals surface area contributed by atoms with Crippen molar-refractivity contribution in [1.82, 2.24) is 4.98 Å². The van der Waals surface area contributed by atoms with Gasteiger partial charge in [0.2, 0.25) is 0 Å². The van der Waals surface area contributed by atoms with Gasteiger partial charge in [0, 0.05) is 11.8 Å². The fourth-order valence-electron chi connectivity index (χ4n) is 2.36. The summed E-state index contributed by atoms with van der Waals surface area (Å²) in [7, 11) is 1.63. The number of aromatic nitrogens is 1. The molecule has 0 radical (unpaired) electrons. The Morgan fingerprint density at radius 2 is 1.80 bits per heavy atom. The second-order valence-corrected chi connectivity index (χ2v) is 5.85. The minimum Gasteiger partial charge on any atom is -0.495 e. The van der Waals surface area contributed by atoms with Crippen molar-refractivity contribution >= 4 is 11.4 Å². The number of hydrogen-bond donors (Lipinski definition) is 2. The smallest absolute Gasteiger partial charge is 0.137 e. The normalized spacial score (nSPS) is 11.4. The minimum absolute atomic E-state index is 0.113. The van der Waals surface area contributed by atoms with Crippen LogP contribution in [0.25, 0.3) is 11.1 Å². The maximum atomic E-state index is 6.20. The summed E-state index contributed by atoms with van der Waals surface area (Å²) in [6.45, 7) is 6.36. The number of benzene rings is 1. The van der Waals surface area contributed by atoms with Crippen LogP contribution in [0.2, 0.25) is 0 Å². The lowest BCUT2D eigenvalue weighted by Gasteiger charge is -2.26. The molecule has 0 spiro atoms. The molecule has 2 aromatic rings. The van der Waals surface area contributed by atoms with E-state index in [4.69, 9.17) is 16.2 Å². The second-order valence-electron chi connectivity index (χ2n) is 5.85. The van der Waals surface area contributed by atoms with Gasteiger partial charge in [-0.15, -0.1) is 0 Å². The molecule has 2 rings (SSSR count). The van der Waals surface area contributed by atoms with Crippen LogP contribution in [0.1, 0.15) is 26.3 Å². The predicted molar refractivity (Wildman–Crippen MR) is 83.7 cm³/mol. The van der Waals surface area contributed by atoms with Gasteiger partial charge in [-0.1, -0.05) is 26.8 Å². The lowest BCUT2D eigenvalue weighted by molar-refractivity contribution is 0.413. The van der Waals surface area contributed by atoms with Crippen LogP contribution < -0.4 is 16.2 Å². The number of methoxy groups -OCH3 is 1. The first-order valence-corrected chi connectivity index (χ1v) is 6.52. The molecule has 0 fully saturated rings. The number of ether oxygens (including phenoxy) is 1. The highest BCUT2D eigenvalue weighted by atomic mass is 16.5. The zero-order valence-corrected chi connectivity index (χ0v) is 12.4. The fraction of sp³-hybridized carbons (Fsp3) is 0.312. The van der Waals surface area contributed by atoms with Gasteiger partial charge in [0.15, 0.2) is 0 Å². The molecule has 4 heteroatoms. The predicted octanol–water partition coefficient (Wildman–Crippen LogP) is 3.22. The van der Waals surface area contributed by atoms with E-state index in [-0.39, 0.29) is 5.41 Å². The molecule has 0 saturated heterocycles. The fourth-order valence-corrected chi connectivity index (χ4v) is 2.36. The third-order valence-electron chi connectivity index (χ3n) is 3.29. The Hall–Kier alpha value is -2.23. The van der Waals surface area contributed by atoms with Crippen molar-refractivity contribution in [2.45, 2.75) is 26.2 Å². The SMILES string of the molecule is COc1cncc(-c2ccc(N)c(N)c2C(C)(C)C)c1. The molecule has 1 heterocycles. The summed E-state index contributed by atoms with van der Waals surface area (Å²) in [6, 6.07) is 5.77. The molecule has 1 aromatic heterocycles. The highest BCUT2D eigenvalue weighted by molar-refractivity contribution is 5.81. The molecule has 4 nitrogen and oxygen atoms in total. The molecule has 106 valence electrons. The van der Waals surface area contributed by atoms with Crippen molar-refractivity contribution in [1.29, 1.82) is 0 Å². The summed E-state index contributed by atoms with van der Waals surface area (Å²) in [5.74, 6) is 0.720. The number of hydrogen-bond acceptors (Lipinski definition) is 4. The maximum absolute atomic E-state index is 6.20. The minimum atomic E-state index is -0.113. The van der Waals surface area contributed by atoms with E-state index in [2.05, 4.69) is 25.8 Å². The van der Waals surface area contributed by atoms with Crippen molar-refractivity contribution in [2.75, 3.05) is 18.6 Å². The Kier molecular flexibility index (Phi) is 3.57. The standard InChI is InChI=1S/C16H21N3O/c1-16(2,3)14-12(5-6-13(17)15(14)18)10-7-11(20-4)9-19-8-10/h5-9H,17-18H2,1-4H3. The highest BCUT2D eigenvalue weighted by Gasteiger charge is 2.23. The van der Waals surface area contributed by atoms with E-state index in [0.717, 1.165) is 22.4 Å². The van der Waals surface area contributed by atoms with Crippen LogP contribution in [0.5, 0.6) is 5.75 Å². The molecular formula is C16H21N3O. The Balaban J connectivity index is 2.71. The Morgan fingerprint density at radius 1 is 1.10 bits per heavy atom. The van der Waals surface area contributed by atoms with Crippen LogP contribution >= 0.6 is 0 Å². The molecular weight excluding hydrogens is 250 g/mol. The number of nitrogens with zero attached hydrogens (tertiary/aromatic N) is 1. The summed E-state index contributed by atoms with van der Waals surface area (Å²) >= 11 is 0. The van der Waals surface area contributed by atoms with Crippen LogP contribution in [0, 0.1) is 0 Å². The third kappa shape index (κ3) is 2.54. The van der Waals surface area contributed by atoms with E-state index < -0.39 is 0 Å². The maximum Gasteiger partial charge on any atom is 0.137 e. The Labute approximate surface area is 119 Å². The van der Waals surface area contributed by atoms with Crippen LogP contribution in [-0.4, -0.2) is 12.1 Å². The average Bonchev–Trinajstić information content (AvgIpc) is 2.40. The summed E-state index contributed by atoms with van der Waals surface area (Å²) in [5, 5.41) is 0. The molecule has 0 bridgehead atoms. The zero-order valence-electron chi connectivity index (χ0n) is 12.4. The molecule has 0 amide bonds. The summed E-state index contributed by atoms with van der Waals surface area (Å²) < 4.78 is 5.24. The van der Waals surface area contributed by atoms with E-state index >= 15 is 0 Å². The van der Waals surface area contributed by atoms with Gasteiger partial charge in [0.1, 0.15) is 5.75 Å². The first-order valence-electron chi connectivity index (χ1n) is 6.52. The van der Waals surface area contributed by atoms with Gasteiger partial charge >= 0.3 is 0 Å². The Bertz CT molecular complexity index is 630. The molecule has 0 aliphatic rings. The highest BCUT2D eigenvalue weighted by Crippen LogP contribution is 2.40. The largest absolute Gasteiger partial charge is 0.495 e. The van der Waals surface area contributed by atoms with Gasteiger partial charge in [0.25, 0.3) is 0 Å². The van der Waals surface area contributed by atoms with Crippen molar-refractivity contribution in [3.05, 3.63) is 36.2 Å². The van der Waals surface area contributed by atoms with Crippen LogP contribution in [0.4, 0.5) is 11.4 Å². The number of rotatable bonds is 2. The molecule has 0 aliphatic carbocycles. The van der Waals surface area contributed by atoms with E-state index in [0.29, 0.717) is 11.4 Å².